The van der Waals surface area contributed by atoms with Crippen molar-refractivity contribution in [2.75, 3.05) is 11.9 Å². The SMILES string of the molecule is CCOc1cccnc1C(=O)Nc1cnn(-c2ccccc2F)c1. The minimum absolute atomic E-state index is 0.179. The Kier molecular flexibility index (Phi) is 4.51. The highest BCUT2D eigenvalue weighted by Crippen LogP contribution is 2.19. The largest absolute Gasteiger partial charge is 0.491 e. The van der Waals surface area contributed by atoms with Gasteiger partial charge in [0.2, 0.25) is 0 Å². The molecule has 2 heterocycles. The molecule has 7 heteroatoms. The van der Waals surface area contributed by atoms with Gasteiger partial charge in [0.05, 0.1) is 24.7 Å². The molecule has 0 unspecified atom stereocenters. The first-order chi connectivity index (χ1) is 11.7. The Labute approximate surface area is 137 Å². The molecule has 3 aromatic rings. The molecule has 24 heavy (non-hydrogen) atoms. The quantitative estimate of drug-likeness (QED) is 0.782. The monoisotopic (exact) mass is 326 g/mol. The van der Waals surface area contributed by atoms with Crippen molar-refractivity contribution in [3.63, 3.8) is 0 Å². The predicted molar refractivity (Wildman–Crippen MR) is 86.9 cm³/mol. The molecule has 1 amide bonds. The van der Waals surface area contributed by atoms with E-state index in [2.05, 4.69) is 15.4 Å². The lowest BCUT2D eigenvalue weighted by molar-refractivity contribution is 0.101. The number of carbonyl (C=O) groups is 1. The first-order valence-electron chi connectivity index (χ1n) is 7.37. The fraction of sp³-hybridized carbons (Fsp3) is 0.118. The molecule has 0 saturated heterocycles. The molecular weight excluding hydrogens is 311 g/mol. The molecule has 0 atom stereocenters. The van der Waals surface area contributed by atoms with Gasteiger partial charge in [-0.2, -0.15) is 5.10 Å². The van der Waals surface area contributed by atoms with E-state index >= 15 is 0 Å². The van der Waals surface area contributed by atoms with Gasteiger partial charge < -0.3 is 10.1 Å². The van der Waals surface area contributed by atoms with Crippen LogP contribution in [0.3, 0.4) is 0 Å². The van der Waals surface area contributed by atoms with Gasteiger partial charge in [-0.05, 0) is 31.2 Å². The van der Waals surface area contributed by atoms with Crippen molar-refractivity contribution in [2.24, 2.45) is 0 Å². The number of rotatable bonds is 5. The van der Waals surface area contributed by atoms with E-state index in [9.17, 15) is 9.18 Å². The van der Waals surface area contributed by atoms with E-state index in [0.717, 1.165) is 0 Å². The van der Waals surface area contributed by atoms with Crippen LogP contribution in [0.15, 0.2) is 55.0 Å². The number of ether oxygens (including phenoxy) is 1. The Bertz CT molecular complexity index is 863. The van der Waals surface area contributed by atoms with Crippen LogP contribution in [0, 0.1) is 5.82 Å². The summed E-state index contributed by atoms with van der Waals surface area (Å²) in [6.07, 6.45) is 4.48. The second-order valence-electron chi connectivity index (χ2n) is 4.86. The third kappa shape index (κ3) is 3.24. The van der Waals surface area contributed by atoms with Gasteiger partial charge in [0, 0.05) is 6.20 Å². The highest BCUT2D eigenvalue weighted by molar-refractivity contribution is 6.04. The van der Waals surface area contributed by atoms with Gasteiger partial charge in [0.1, 0.15) is 11.5 Å². The van der Waals surface area contributed by atoms with E-state index < -0.39 is 11.7 Å². The lowest BCUT2D eigenvalue weighted by Crippen LogP contribution is -2.15. The second kappa shape index (κ2) is 6.91. The van der Waals surface area contributed by atoms with Gasteiger partial charge in [0.25, 0.3) is 5.91 Å². The Morgan fingerprint density at radius 2 is 2.12 bits per heavy atom. The molecule has 0 radical (unpaired) electrons. The van der Waals surface area contributed by atoms with Crippen molar-refractivity contribution in [2.45, 2.75) is 6.92 Å². The summed E-state index contributed by atoms with van der Waals surface area (Å²) in [7, 11) is 0. The smallest absolute Gasteiger partial charge is 0.278 e. The Morgan fingerprint density at radius 1 is 1.29 bits per heavy atom. The maximum absolute atomic E-state index is 13.8. The number of hydrogen-bond acceptors (Lipinski definition) is 4. The summed E-state index contributed by atoms with van der Waals surface area (Å²) in [6, 6.07) is 9.62. The molecule has 6 nitrogen and oxygen atoms in total. The summed E-state index contributed by atoms with van der Waals surface area (Å²) in [5.41, 5.74) is 0.903. The van der Waals surface area contributed by atoms with Gasteiger partial charge in [-0.3, -0.25) is 4.79 Å². The molecular formula is C17H15FN4O2. The highest BCUT2D eigenvalue weighted by atomic mass is 19.1. The fourth-order valence-electron chi connectivity index (χ4n) is 2.18. The van der Waals surface area contributed by atoms with Gasteiger partial charge in [-0.1, -0.05) is 12.1 Å². The van der Waals surface area contributed by atoms with Crippen molar-refractivity contribution in [3.05, 3.63) is 66.5 Å². The zero-order valence-corrected chi connectivity index (χ0v) is 12.9. The van der Waals surface area contributed by atoms with E-state index in [1.54, 1.807) is 30.3 Å². The van der Waals surface area contributed by atoms with E-state index in [-0.39, 0.29) is 5.69 Å². The second-order valence-corrected chi connectivity index (χ2v) is 4.86. The normalized spacial score (nSPS) is 10.4. The lowest BCUT2D eigenvalue weighted by Gasteiger charge is -2.08. The molecule has 0 aliphatic heterocycles. The van der Waals surface area contributed by atoms with E-state index in [4.69, 9.17) is 4.74 Å². The van der Waals surface area contributed by atoms with Gasteiger partial charge in [-0.15, -0.1) is 0 Å². The molecule has 122 valence electrons. The van der Waals surface area contributed by atoms with Crippen LogP contribution >= 0.6 is 0 Å². The van der Waals surface area contributed by atoms with Crippen LogP contribution in [-0.4, -0.2) is 27.3 Å². The third-order valence-corrected chi connectivity index (χ3v) is 3.23. The Morgan fingerprint density at radius 3 is 2.92 bits per heavy atom. The van der Waals surface area contributed by atoms with Crippen LogP contribution in [0.2, 0.25) is 0 Å². The molecule has 0 bridgehead atoms. The average Bonchev–Trinajstić information content (AvgIpc) is 3.04. The standard InChI is InChI=1S/C17H15FN4O2/c1-2-24-15-8-5-9-19-16(15)17(23)21-12-10-20-22(11-12)14-7-4-3-6-13(14)18/h3-11H,2H2,1H3,(H,21,23). The molecule has 3 rings (SSSR count). The maximum Gasteiger partial charge on any atom is 0.278 e. The zero-order chi connectivity index (χ0) is 16.9. The van der Waals surface area contributed by atoms with Crippen LogP contribution in [0.5, 0.6) is 5.75 Å². The predicted octanol–water partition coefficient (Wildman–Crippen LogP) is 3.06. The Balaban J connectivity index is 1.80. The van der Waals surface area contributed by atoms with Crippen LogP contribution in [0.1, 0.15) is 17.4 Å². The molecule has 0 aliphatic carbocycles. The summed E-state index contributed by atoms with van der Waals surface area (Å²) in [5.74, 6) is -0.423. The zero-order valence-electron chi connectivity index (χ0n) is 12.9. The number of carbonyl (C=O) groups excluding carboxylic acids is 1. The lowest BCUT2D eigenvalue weighted by atomic mass is 10.3. The number of hydrogen-bond donors (Lipinski definition) is 1. The number of anilines is 1. The summed E-state index contributed by atoms with van der Waals surface area (Å²) in [4.78, 5) is 16.4. The molecule has 0 spiro atoms. The molecule has 2 aromatic heterocycles. The molecule has 0 saturated carbocycles. The average molecular weight is 326 g/mol. The third-order valence-electron chi connectivity index (χ3n) is 3.23. The van der Waals surface area contributed by atoms with Gasteiger partial charge in [0.15, 0.2) is 11.4 Å². The summed E-state index contributed by atoms with van der Waals surface area (Å²) < 4.78 is 20.5. The van der Waals surface area contributed by atoms with E-state index in [0.29, 0.717) is 23.7 Å². The molecule has 0 aliphatic rings. The summed E-state index contributed by atoms with van der Waals surface area (Å²) >= 11 is 0. The number of aromatic nitrogens is 3. The van der Waals surface area contributed by atoms with Crippen LogP contribution in [0.4, 0.5) is 10.1 Å². The van der Waals surface area contributed by atoms with Gasteiger partial charge in [-0.25, -0.2) is 14.1 Å². The maximum atomic E-state index is 13.8. The topological polar surface area (TPSA) is 69.0 Å². The van der Waals surface area contributed by atoms with Crippen molar-refractivity contribution >= 4 is 11.6 Å². The van der Waals surface area contributed by atoms with Crippen LogP contribution in [0.25, 0.3) is 5.69 Å². The van der Waals surface area contributed by atoms with Crippen molar-refractivity contribution in [1.29, 1.82) is 0 Å². The number of amides is 1. The first kappa shape index (κ1) is 15.7. The Hall–Kier alpha value is -3.22. The molecule has 1 N–H and O–H groups in total. The summed E-state index contributed by atoms with van der Waals surface area (Å²) in [6.45, 7) is 2.25. The van der Waals surface area contributed by atoms with E-state index in [1.807, 2.05) is 6.92 Å². The number of benzene rings is 1. The summed E-state index contributed by atoms with van der Waals surface area (Å²) in [5, 5.41) is 6.74. The molecule has 1 aromatic carbocycles. The fourth-order valence-corrected chi connectivity index (χ4v) is 2.18. The minimum atomic E-state index is -0.424. The number of halogens is 1. The minimum Gasteiger partial charge on any atom is -0.491 e. The number of para-hydroxylation sites is 1. The van der Waals surface area contributed by atoms with Crippen molar-refractivity contribution in [3.8, 4) is 11.4 Å². The first-order valence-corrected chi connectivity index (χ1v) is 7.37. The molecule has 0 fully saturated rings. The van der Waals surface area contributed by atoms with Crippen LogP contribution in [-0.2, 0) is 0 Å². The number of nitrogens with zero attached hydrogens (tertiary/aromatic N) is 3. The highest BCUT2D eigenvalue weighted by Gasteiger charge is 2.15. The van der Waals surface area contributed by atoms with E-state index in [1.165, 1.54) is 29.3 Å². The van der Waals surface area contributed by atoms with Gasteiger partial charge >= 0.3 is 0 Å². The number of pyridine rings is 1. The van der Waals surface area contributed by atoms with Crippen molar-refractivity contribution < 1.29 is 13.9 Å². The van der Waals surface area contributed by atoms with Crippen molar-refractivity contribution in [1.82, 2.24) is 14.8 Å². The van der Waals surface area contributed by atoms with Crippen LogP contribution < -0.4 is 10.1 Å². The number of nitrogens with one attached hydrogen (secondary N) is 1.